The first-order valence-corrected chi connectivity index (χ1v) is 21.7. The third kappa shape index (κ3) is 8.80. The van der Waals surface area contributed by atoms with Gasteiger partial charge in [-0.1, -0.05) is 48.5 Å². The van der Waals surface area contributed by atoms with Gasteiger partial charge in [-0.3, -0.25) is 27.8 Å². The van der Waals surface area contributed by atoms with Crippen molar-refractivity contribution in [3.05, 3.63) is 120 Å². The molecule has 8 N–H and O–H groups in total. The van der Waals surface area contributed by atoms with Gasteiger partial charge in [-0.05, 0) is 60.7 Å². The molecule has 0 unspecified atom stereocenters. The summed E-state index contributed by atoms with van der Waals surface area (Å²) in [6, 6.07) is 20.5. The lowest BCUT2D eigenvalue weighted by atomic mass is 10.1. The van der Waals surface area contributed by atoms with Crippen molar-refractivity contribution in [2.45, 2.75) is 19.6 Å². The highest BCUT2D eigenvalue weighted by atomic mass is 32.2. The molecule has 6 aromatic rings. The van der Waals surface area contributed by atoms with Crippen LogP contribution >= 0.6 is 0 Å². The lowest BCUT2D eigenvalue weighted by Crippen LogP contribution is -2.21. The Kier molecular flexibility index (Phi) is 10.8. The SMILES string of the molecule is O=C(Nc1cccc(C(=O)Nc2ccc3c(S(=O)(=O)O)cccc3c2S(=O)(=O)O)c1)Nc1cccc(C(=O)Nc2ccc3c(S(=O)(=O)O)cccc3c2S(=O)(=O)O)c1. The summed E-state index contributed by atoms with van der Waals surface area (Å²) in [5.41, 5.74) is -0.997. The van der Waals surface area contributed by atoms with Gasteiger partial charge in [0.15, 0.2) is 0 Å². The molecule has 300 valence electrons. The predicted octanol–water partition coefficient (Wildman–Crippen LogP) is 5.13. The summed E-state index contributed by atoms with van der Waals surface area (Å²) < 4.78 is 136. The molecule has 23 heteroatoms. The number of urea groups is 1. The van der Waals surface area contributed by atoms with Gasteiger partial charge < -0.3 is 21.3 Å². The third-order valence-corrected chi connectivity index (χ3v) is 12.0. The van der Waals surface area contributed by atoms with E-state index in [0.29, 0.717) is 0 Å². The molecule has 0 radical (unpaired) electrons. The van der Waals surface area contributed by atoms with Gasteiger partial charge in [-0.15, -0.1) is 0 Å². The van der Waals surface area contributed by atoms with Gasteiger partial charge in [-0.25, -0.2) is 4.79 Å². The van der Waals surface area contributed by atoms with Crippen molar-refractivity contribution in [3.63, 3.8) is 0 Å². The van der Waals surface area contributed by atoms with Gasteiger partial charge in [0.05, 0.1) is 11.4 Å². The van der Waals surface area contributed by atoms with E-state index in [2.05, 4.69) is 21.3 Å². The van der Waals surface area contributed by atoms with Crippen molar-refractivity contribution in [1.82, 2.24) is 0 Å². The molecular formula is C35H26N4O15S4. The maximum absolute atomic E-state index is 13.2. The standard InChI is InChI=1S/C35H26N4O15S4/c40-33(38-27-15-13-23-25(31(27)57(49,50)51)9-3-11-29(23)55(43,44)45)19-5-1-7-21(17-19)36-35(42)37-22-8-2-6-20(18-22)34(41)39-28-16-14-24-26(32(28)58(52,53)54)10-4-12-30(24)56(46,47)48/h1-18H,(H,38,40)(H,39,41)(H2,36,37,42)(H,43,44,45)(H,46,47,48)(H,49,50,51)(H,52,53,54). The van der Waals surface area contributed by atoms with Gasteiger partial charge in [0.2, 0.25) is 0 Å². The number of benzene rings is 6. The van der Waals surface area contributed by atoms with Gasteiger partial charge in [0.1, 0.15) is 19.6 Å². The summed E-state index contributed by atoms with van der Waals surface area (Å²) in [7, 11) is -19.8. The molecule has 0 heterocycles. The highest BCUT2D eigenvalue weighted by Gasteiger charge is 2.26. The minimum Gasteiger partial charge on any atom is -0.321 e. The molecule has 0 aliphatic rings. The average molecular weight is 871 g/mol. The van der Waals surface area contributed by atoms with Gasteiger partial charge >= 0.3 is 6.03 Å². The monoisotopic (exact) mass is 870 g/mol. The number of carbonyl (C=O) groups excluding carboxylic acids is 3. The van der Waals surface area contributed by atoms with Crippen molar-refractivity contribution in [2.75, 3.05) is 21.3 Å². The number of amides is 4. The Balaban J connectivity index is 1.19. The van der Waals surface area contributed by atoms with Crippen LogP contribution in [0.5, 0.6) is 0 Å². The molecule has 0 aromatic heterocycles. The number of hydrogen-bond donors (Lipinski definition) is 8. The molecule has 0 atom stereocenters. The Morgan fingerprint density at radius 3 is 1.10 bits per heavy atom. The second-order valence-corrected chi connectivity index (χ2v) is 17.6. The molecule has 0 bridgehead atoms. The van der Waals surface area contributed by atoms with Crippen LogP contribution in [0, 0.1) is 0 Å². The van der Waals surface area contributed by atoms with E-state index in [1.54, 1.807) is 0 Å². The van der Waals surface area contributed by atoms with E-state index >= 15 is 0 Å². The van der Waals surface area contributed by atoms with Crippen LogP contribution in [0.25, 0.3) is 21.5 Å². The minimum absolute atomic E-state index is 0.0524. The number of hydrogen-bond acceptors (Lipinski definition) is 11. The molecule has 0 saturated heterocycles. The van der Waals surface area contributed by atoms with E-state index in [1.807, 2.05) is 0 Å². The topological polar surface area (TPSA) is 317 Å². The van der Waals surface area contributed by atoms with E-state index in [9.17, 15) is 66.3 Å². The highest BCUT2D eigenvalue weighted by molar-refractivity contribution is 7.87. The molecule has 19 nitrogen and oxygen atoms in total. The van der Waals surface area contributed by atoms with Crippen LogP contribution in [0.4, 0.5) is 27.5 Å². The lowest BCUT2D eigenvalue weighted by Gasteiger charge is -2.14. The van der Waals surface area contributed by atoms with Crippen molar-refractivity contribution >= 4 is 103 Å². The summed E-state index contributed by atoms with van der Waals surface area (Å²) in [6.45, 7) is 0. The van der Waals surface area contributed by atoms with Crippen LogP contribution in [0.2, 0.25) is 0 Å². The molecule has 6 rings (SSSR count). The van der Waals surface area contributed by atoms with Crippen LogP contribution in [0.15, 0.2) is 129 Å². The largest absolute Gasteiger partial charge is 0.323 e. The third-order valence-electron chi connectivity index (χ3n) is 8.28. The fraction of sp³-hybridized carbons (Fsp3) is 0. The zero-order valence-corrected chi connectivity index (χ0v) is 32.1. The molecule has 0 aliphatic carbocycles. The summed E-state index contributed by atoms with van der Waals surface area (Å²) in [5, 5.41) is 8.45. The Morgan fingerprint density at radius 1 is 0.397 bits per heavy atom. The maximum atomic E-state index is 13.2. The average Bonchev–Trinajstić information content (AvgIpc) is 3.12. The number of anilines is 4. The molecule has 4 amide bonds. The van der Waals surface area contributed by atoms with Crippen LogP contribution < -0.4 is 21.3 Å². The van der Waals surface area contributed by atoms with Gasteiger partial charge in [0, 0.05) is 44.0 Å². The number of carbonyl (C=O) groups is 3. The van der Waals surface area contributed by atoms with Crippen LogP contribution in [-0.4, -0.2) is 69.7 Å². The van der Waals surface area contributed by atoms with E-state index in [1.165, 1.54) is 48.5 Å². The minimum atomic E-state index is -5.09. The van der Waals surface area contributed by atoms with E-state index in [0.717, 1.165) is 60.7 Å². The first-order valence-electron chi connectivity index (χ1n) is 15.9. The van der Waals surface area contributed by atoms with E-state index in [4.69, 9.17) is 0 Å². The molecule has 0 aliphatic heterocycles. The van der Waals surface area contributed by atoms with E-state index < -0.39 is 89.3 Å². The Hall–Kier alpha value is -6.31. The van der Waals surface area contributed by atoms with Crippen molar-refractivity contribution < 1.29 is 66.3 Å². The normalized spacial score (nSPS) is 12.2. The van der Waals surface area contributed by atoms with Gasteiger partial charge in [-0.2, -0.15) is 33.7 Å². The Bertz CT molecular complexity index is 2980. The number of nitrogens with one attached hydrogen (secondary N) is 4. The fourth-order valence-corrected chi connectivity index (χ4v) is 9.08. The summed E-state index contributed by atoms with van der Waals surface area (Å²) in [5.74, 6) is -1.83. The van der Waals surface area contributed by atoms with Gasteiger partial charge in [0.25, 0.3) is 52.3 Å². The van der Waals surface area contributed by atoms with Crippen LogP contribution in [0.1, 0.15) is 20.7 Å². The van der Waals surface area contributed by atoms with E-state index in [-0.39, 0.29) is 44.0 Å². The summed E-state index contributed by atoms with van der Waals surface area (Å²) in [4.78, 5) is 36.4. The molecule has 0 fully saturated rings. The second-order valence-electron chi connectivity index (χ2n) is 12.1. The number of fused-ring (bicyclic) bond motifs is 2. The second kappa shape index (κ2) is 15.2. The fourth-order valence-electron chi connectivity index (χ4n) is 5.96. The summed E-state index contributed by atoms with van der Waals surface area (Å²) in [6.07, 6.45) is 0. The molecule has 58 heavy (non-hydrogen) atoms. The van der Waals surface area contributed by atoms with Crippen LogP contribution in [0.3, 0.4) is 0 Å². The predicted molar refractivity (Wildman–Crippen MR) is 209 cm³/mol. The maximum Gasteiger partial charge on any atom is 0.323 e. The zero-order chi connectivity index (χ0) is 42.4. The Labute approximate surface area is 328 Å². The van der Waals surface area contributed by atoms with Crippen molar-refractivity contribution in [1.29, 1.82) is 0 Å². The smallest absolute Gasteiger partial charge is 0.321 e. The lowest BCUT2D eigenvalue weighted by molar-refractivity contribution is 0.101. The highest BCUT2D eigenvalue weighted by Crippen LogP contribution is 2.36. The first kappa shape index (κ1) is 41.3. The molecule has 0 saturated carbocycles. The number of rotatable bonds is 10. The van der Waals surface area contributed by atoms with Crippen LogP contribution in [-0.2, 0) is 40.5 Å². The zero-order valence-electron chi connectivity index (χ0n) is 28.8. The summed E-state index contributed by atoms with van der Waals surface area (Å²) >= 11 is 0. The first-order chi connectivity index (χ1) is 27.0. The quantitative estimate of drug-likeness (QED) is 0.0828. The molecular weight excluding hydrogens is 845 g/mol. The molecule has 0 spiro atoms. The Morgan fingerprint density at radius 2 is 0.759 bits per heavy atom. The molecule has 6 aromatic carbocycles. The van der Waals surface area contributed by atoms with Crippen molar-refractivity contribution in [3.8, 4) is 0 Å². The van der Waals surface area contributed by atoms with Crippen molar-refractivity contribution in [2.24, 2.45) is 0 Å².